The lowest BCUT2D eigenvalue weighted by atomic mass is 10.1. The minimum Gasteiger partial charge on any atom is -0.378 e. The molecule has 5 heteroatoms. The fraction of sp³-hybridized carbons (Fsp3) is 0.933. The summed E-state index contributed by atoms with van der Waals surface area (Å²) in [4.78, 5) is 14.0. The Hall–Kier alpha value is -0.650. The fourth-order valence-corrected chi connectivity index (χ4v) is 2.33. The molecule has 1 amide bonds. The second-order valence-corrected chi connectivity index (χ2v) is 6.02. The molecule has 1 fully saturated rings. The van der Waals surface area contributed by atoms with E-state index < -0.39 is 0 Å². The molecule has 0 saturated carbocycles. The Morgan fingerprint density at radius 3 is 2.70 bits per heavy atom. The van der Waals surface area contributed by atoms with E-state index in [0.29, 0.717) is 25.1 Å². The van der Waals surface area contributed by atoms with E-state index in [0.717, 1.165) is 51.9 Å². The van der Waals surface area contributed by atoms with Crippen molar-refractivity contribution in [3.05, 3.63) is 0 Å². The third-order valence-electron chi connectivity index (χ3n) is 3.65. The molecule has 0 aromatic carbocycles. The van der Waals surface area contributed by atoms with Gasteiger partial charge in [-0.25, -0.2) is 0 Å². The van der Waals surface area contributed by atoms with Crippen LogP contribution in [0.5, 0.6) is 0 Å². The lowest BCUT2D eigenvalue weighted by Gasteiger charge is -2.31. The molecular weight excluding hydrogens is 254 g/mol. The molecule has 0 radical (unpaired) electrons. The van der Waals surface area contributed by atoms with Crippen molar-refractivity contribution >= 4 is 5.91 Å². The number of likely N-dealkylation sites (tertiary alicyclic amines) is 1. The molecule has 1 saturated heterocycles. The van der Waals surface area contributed by atoms with E-state index in [2.05, 4.69) is 24.1 Å². The van der Waals surface area contributed by atoms with Crippen molar-refractivity contribution in [2.45, 2.75) is 45.6 Å². The van der Waals surface area contributed by atoms with Gasteiger partial charge in [-0.05, 0) is 38.1 Å². The van der Waals surface area contributed by atoms with Crippen LogP contribution in [0, 0.1) is 5.92 Å². The summed E-state index contributed by atoms with van der Waals surface area (Å²) in [6.45, 7) is 8.99. The van der Waals surface area contributed by atoms with Crippen molar-refractivity contribution in [1.29, 1.82) is 0 Å². The van der Waals surface area contributed by atoms with Gasteiger partial charge in [0.25, 0.3) is 0 Å². The Morgan fingerprint density at radius 1 is 1.40 bits per heavy atom. The van der Waals surface area contributed by atoms with Gasteiger partial charge in [-0.2, -0.15) is 0 Å². The number of nitrogens with zero attached hydrogens (tertiary/aromatic N) is 1. The van der Waals surface area contributed by atoms with E-state index >= 15 is 0 Å². The largest absolute Gasteiger partial charge is 0.378 e. The monoisotopic (exact) mass is 285 g/mol. The van der Waals surface area contributed by atoms with Gasteiger partial charge in [0.2, 0.25) is 5.91 Å². The third-order valence-corrected chi connectivity index (χ3v) is 3.65. The first-order valence-corrected chi connectivity index (χ1v) is 7.92. The molecule has 0 aliphatic carbocycles. The predicted molar refractivity (Wildman–Crippen MR) is 81.6 cm³/mol. The van der Waals surface area contributed by atoms with E-state index in [9.17, 15) is 4.79 Å². The van der Waals surface area contributed by atoms with Crippen LogP contribution in [0.25, 0.3) is 0 Å². The summed E-state index contributed by atoms with van der Waals surface area (Å²) in [5.74, 6) is 0.782. The molecule has 0 bridgehead atoms. The van der Waals surface area contributed by atoms with Crippen LogP contribution in [0.4, 0.5) is 0 Å². The van der Waals surface area contributed by atoms with Gasteiger partial charge in [-0.15, -0.1) is 0 Å². The van der Waals surface area contributed by atoms with E-state index in [1.807, 2.05) is 0 Å². The van der Waals surface area contributed by atoms with Gasteiger partial charge in [0.1, 0.15) is 0 Å². The number of nitrogens with one attached hydrogen (secondary N) is 1. The highest BCUT2D eigenvalue weighted by Gasteiger charge is 2.20. The molecule has 0 atom stereocenters. The molecule has 3 N–H and O–H groups in total. The second kappa shape index (κ2) is 10.1. The fourth-order valence-electron chi connectivity index (χ4n) is 2.33. The number of ether oxygens (including phenoxy) is 1. The van der Waals surface area contributed by atoms with Crippen molar-refractivity contribution < 1.29 is 9.53 Å². The highest BCUT2D eigenvalue weighted by atomic mass is 16.5. The van der Waals surface area contributed by atoms with Gasteiger partial charge in [-0.1, -0.05) is 13.8 Å². The van der Waals surface area contributed by atoms with Gasteiger partial charge >= 0.3 is 0 Å². The average molecular weight is 285 g/mol. The molecule has 0 aromatic heterocycles. The molecule has 1 heterocycles. The Kier molecular flexibility index (Phi) is 8.82. The summed E-state index contributed by atoms with van der Waals surface area (Å²) in [7, 11) is 0. The first kappa shape index (κ1) is 17.4. The van der Waals surface area contributed by atoms with Crippen molar-refractivity contribution in [1.82, 2.24) is 10.2 Å². The van der Waals surface area contributed by atoms with Crippen molar-refractivity contribution in [2.24, 2.45) is 11.7 Å². The van der Waals surface area contributed by atoms with E-state index in [-0.39, 0.29) is 5.91 Å². The van der Waals surface area contributed by atoms with Gasteiger partial charge in [0.15, 0.2) is 0 Å². The van der Waals surface area contributed by atoms with Crippen LogP contribution in [-0.4, -0.2) is 56.2 Å². The number of piperidine rings is 1. The predicted octanol–water partition coefficient (Wildman–Crippen LogP) is 0.979. The Bertz CT molecular complexity index is 264. The van der Waals surface area contributed by atoms with Crippen LogP contribution >= 0.6 is 0 Å². The molecule has 118 valence electrons. The maximum absolute atomic E-state index is 11.8. The molecule has 5 nitrogen and oxygen atoms in total. The lowest BCUT2D eigenvalue weighted by Crippen LogP contribution is -2.43. The number of carbonyl (C=O) groups excluding carboxylic acids is 1. The standard InChI is InChI=1S/C15H31N3O2/c1-13(2)4-8-17-15(19)12-18-9-5-14(6-10-18)20-11-3-7-16/h13-14H,3-12,16H2,1-2H3,(H,17,19). The molecule has 0 unspecified atom stereocenters. The molecule has 1 aliphatic rings. The highest BCUT2D eigenvalue weighted by molar-refractivity contribution is 5.77. The number of rotatable bonds is 9. The molecule has 20 heavy (non-hydrogen) atoms. The number of carbonyl (C=O) groups is 1. The quantitative estimate of drug-likeness (QED) is 0.620. The normalized spacial score (nSPS) is 17.6. The van der Waals surface area contributed by atoms with Gasteiger partial charge in [-0.3, -0.25) is 9.69 Å². The summed E-state index contributed by atoms with van der Waals surface area (Å²) in [6, 6.07) is 0. The van der Waals surface area contributed by atoms with Gasteiger partial charge in [0, 0.05) is 26.2 Å². The number of amides is 1. The van der Waals surface area contributed by atoms with Crippen LogP contribution in [0.15, 0.2) is 0 Å². The van der Waals surface area contributed by atoms with Crippen LogP contribution in [0.1, 0.15) is 39.5 Å². The van der Waals surface area contributed by atoms with Crippen LogP contribution in [0.2, 0.25) is 0 Å². The second-order valence-electron chi connectivity index (χ2n) is 6.02. The Morgan fingerprint density at radius 2 is 2.10 bits per heavy atom. The summed E-state index contributed by atoms with van der Waals surface area (Å²) >= 11 is 0. The van der Waals surface area contributed by atoms with Gasteiger partial charge in [0.05, 0.1) is 12.6 Å². The Balaban J connectivity index is 2.07. The molecular formula is C15H31N3O2. The van der Waals surface area contributed by atoms with Crippen LogP contribution in [0.3, 0.4) is 0 Å². The molecule has 0 aromatic rings. The number of hydrogen-bond acceptors (Lipinski definition) is 4. The SMILES string of the molecule is CC(C)CCNC(=O)CN1CCC(OCCCN)CC1. The van der Waals surface area contributed by atoms with Crippen LogP contribution < -0.4 is 11.1 Å². The lowest BCUT2D eigenvalue weighted by molar-refractivity contribution is -0.123. The average Bonchev–Trinajstić information content (AvgIpc) is 2.40. The van der Waals surface area contributed by atoms with Crippen molar-refractivity contribution in [3.8, 4) is 0 Å². The first-order chi connectivity index (χ1) is 9.61. The first-order valence-electron chi connectivity index (χ1n) is 7.92. The zero-order valence-electron chi connectivity index (χ0n) is 13.1. The topological polar surface area (TPSA) is 67.6 Å². The highest BCUT2D eigenvalue weighted by Crippen LogP contribution is 2.13. The summed E-state index contributed by atoms with van der Waals surface area (Å²) in [5, 5.41) is 2.99. The summed E-state index contributed by atoms with van der Waals surface area (Å²) < 4.78 is 5.76. The number of nitrogens with two attached hydrogens (primary N) is 1. The number of hydrogen-bond donors (Lipinski definition) is 2. The zero-order chi connectivity index (χ0) is 14.8. The van der Waals surface area contributed by atoms with Crippen molar-refractivity contribution in [3.63, 3.8) is 0 Å². The maximum atomic E-state index is 11.8. The van der Waals surface area contributed by atoms with Crippen LogP contribution in [-0.2, 0) is 9.53 Å². The zero-order valence-corrected chi connectivity index (χ0v) is 13.1. The van der Waals surface area contributed by atoms with E-state index in [4.69, 9.17) is 10.5 Å². The molecule has 0 spiro atoms. The van der Waals surface area contributed by atoms with E-state index in [1.54, 1.807) is 0 Å². The molecule has 1 aliphatic heterocycles. The minimum absolute atomic E-state index is 0.146. The molecule has 1 rings (SSSR count). The maximum Gasteiger partial charge on any atom is 0.234 e. The summed E-state index contributed by atoms with van der Waals surface area (Å²) in [6.07, 6.45) is 4.36. The third kappa shape index (κ3) is 7.82. The smallest absolute Gasteiger partial charge is 0.234 e. The Labute approximate surface area is 123 Å². The van der Waals surface area contributed by atoms with Crippen molar-refractivity contribution in [2.75, 3.05) is 39.3 Å². The minimum atomic E-state index is 0.146. The summed E-state index contributed by atoms with van der Waals surface area (Å²) in [5.41, 5.74) is 5.45. The van der Waals surface area contributed by atoms with Gasteiger partial charge < -0.3 is 15.8 Å². The van der Waals surface area contributed by atoms with E-state index in [1.165, 1.54) is 0 Å².